The third-order valence-electron chi connectivity index (χ3n) is 5.48. The molecule has 0 saturated heterocycles. The van der Waals surface area contributed by atoms with Crippen molar-refractivity contribution in [3.63, 3.8) is 0 Å². The molecular weight excluding hydrogens is 403 g/mol. The molecule has 6 nitrogen and oxygen atoms in total. The van der Waals surface area contributed by atoms with Crippen molar-refractivity contribution in [3.05, 3.63) is 67.8 Å². The Morgan fingerprint density at radius 3 is 2.60 bits per heavy atom. The number of carbonyl (C=O) groups excluding carboxylic acids is 1. The highest BCUT2D eigenvalue weighted by atomic mass is 32.1. The molecule has 1 aliphatic carbocycles. The minimum atomic E-state index is -0.316. The van der Waals surface area contributed by atoms with Crippen LogP contribution in [0, 0.1) is 26.6 Å². The molecule has 0 spiro atoms. The van der Waals surface area contributed by atoms with Gasteiger partial charge in [-0.3, -0.25) is 9.59 Å². The highest BCUT2D eigenvalue weighted by Crippen LogP contribution is 2.34. The molecule has 30 heavy (non-hydrogen) atoms. The van der Waals surface area contributed by atoms with E-state index in [1.54, 1.807) is 37.1 Å². The topological polar surface area (TPSA) is 68.1 Å². The van der Waals surface area contributed by atoms with Crippen molar-refractivity contribution in [1.82, 2.24) is 19.7 Å². The van der Waals surface area contributed by atoms with Gasteiger partial charge >= 0.3 is 0 Å². The van der Waals surface area contributed by atoms with Crippen molar-refractivity contribution in [1.29, 1.82) is 0 Å². The smallest absolute Gasteiger partial charge is 0.277 e. The lowest BCUT2D eigenvalue weighted by Crippen LogP contribution is -2.32. The predicted molar refractivity (Wildman–Crippen MR) is 114 cm³/mol. The molecule has 2 heterocycles. The quantitative estimate of drug-likeness (QED) is 0.623. The average molecular weight is 427 g/mol. The lowest BCUT2D eigenvalue weighted by molar-refractivity contribution is 0.0732. The number of aryl methyl sites for hydroxylation is 3. The fourth-order valence-corrected chi connectivity index (χ4v) is 4.61. The van der Waals surface area contributed by atoms with E-state index in [4.69, 9.17) is 0 Å². The summed E-state index contributed by atoms with van der Waals surface area (Å²) in [6.45, 7) is 5.67. The zero-order valence-electron chi connectivity index (χ0n) is 17.4. The van der Waals surface area contributed by atoms with Crippen LogP contribution < -0.4 is 5.56 Å². The fourth-order valence-electron chi connectivity index (χ4n) is 3.50. The molecule has 0 radical (unpaired) electrons. The van der Waals surface area contributed by atoms with Crippen LogP contribution in [0.3, 0.4) is 0 Å². The molecular formula is C22H23FN4O2S. The van der Waals surface area contributed by atoms with E-state index in [-0.39, 0.29) is 29.9 Å². The third-order valence-corrected chi connectivity index (χ3v) is 6.64. The summed E-state index contributed by atoms with van der Waals surface area (Å²) in [7, 11) is 1.61. The minimum Gasteiger partial charge on any atom is -0.330 e. The van der Waals surface area contributed by atoms with Gasteiger partial charge in [0.15, 0.2) is 0 Å². The molecule has 1 saturated carbocycles. The van der Waals surface area contributed by atoms with Gasteiger partial charge in [-0.2, -0.15) is 5.10 Å². The average Bonchev–Trinajstić information content (AvgIpc) is 3.47. The molecule has 2 aromatic heterocycles. The van der Waals surface area contributed by atoms with E-state index in [2.05, 4.69) is 10.1 Å². The van der Waals surface area contributed by atoms with Gasteiger partial charge in [0.2, 0.25) is 0 Å². The minimum absolute atomic E-state index is 0.111. The standard InChI is InChI=1S/C22H23FN4O2S/c1-12-13(2)25-26(4)21(28)18(12)20-24-14(3)19(30-20)22(29)27(16-9-10-16)11-15-7-5-6-8-17(15)23/h5-8,16H,9-11H2,1-4H3. The number of amides is 1. The fraction of sp³-hybridized carbons (Fsp3) is 0.364. The van der Waals surface area contributed by atoms with E-state index >= 15 is 0 Å². The van der Waals surface area contributed by atoms with Gasteiger partial charge in [0, 0.05) is 25.2 Å². The van der Waals surface area contributed by atoms with Gasteiger partial charge < -0.3 is 4.90 Å². The molecule has 0 atom stereocenters. The van der Waals surface area contributed by atoms with Crippen LogP contribution in [0.25, 0.3) is 10.6 Å². The summed E-state index contributed by atoms with van der Waals surface area (Å²) in [6, 6.07) is 6.64. The Labute approximate surface area is 178 Å². The molecule has 4 rings (SSSR count). The molecule has 1 fully saturated rings. The number of rotatable bonds is 5. The van der Waals surface area contributed by atoms with E-state index < -0.39 is 0 Å². The first-order valence-corrected chi connectivity index (χ1v) is 10.7. The molecule has 0 unspecified atom stereocenters. The van der Waals surface area contributed by atoms with Crippen LogP contribution in [-0.2, 0) is 13.6 Å². The summed E-state index contributed by atoms with van der Waals surface area (Å²) in [5.41, 5.74) is 2.81. The molecule has 1 aromatic carbocycles. The summed E-state index contributed by atoms with van der Waals surface area (Å²) in [5.74, 6) is -0.480. The maximum Gasteiger partial charge on any atom is 0.277 e. The summed E-state index contributed by atoms with van der Waals surface area (Å²) in [5, 5.41) is 4.72. The number of aromatic nitrogens is 3. The number of thiazole rings is 1. The van der Waals surface area contributed by atoms with Gasteiger partial charge in [0.1, 0.15) is 15.7 Å². The highest BCUT2D eigenvalue weighted by molar-refractivity contribution is 7.17. The van der Waals surface area contributed by atoms with E-state index in [0.717, 1.165) is 24.1 Å². The Balaban J connectivity index is 1.72. The van der Waals surface area contributed by atoms with Crippen LogP contribution in [0.2, 0.25) is 0 Å². The number of nitrogens with zero attached hydrogens (tertiary/aromatic N) is 4. The summed E-state index contributed by atoms with van der Waals surface area (Å²) >= 11 is 1.22. The van der Waals surface area contributed by atoms with Crippen molar-refractivity contribution >= 4 is 17.2 Å². The van der Waals surface area contributed by atoms with Crippen molar-refractivity contribution in [3.8, 4) is 10.6 Å². The van der Waals surface area contributed by atoms with Crippen molar-refractivity contribution in [2.75, 3.05) is 0 Å². The number of hydrogen-bond acceptors (Lipinski definition) is 5. The first-order valence-electron chi connectivity index (χ1n) is 9.84. The Hall–Kier alpha value is -2.87. The van der Waals surface area contributed by atoms with Crippen molar-refractivity contribution in [2.45, 2.75) is 46.2 Å². The van der Waals surface area contributed by atoms with Crippen LogP contribution in [0.4, 0.5) is 4.39 Å². The van der Waals surface area contributed by atoms with E-state index in [1.807, 2.05) is 13.8 Å². The van der Waals surface area contributed by atoms with Gasteiger partial charge in [-0.25, -0.2) is 14.1 Å². The predicted octanol–water partition coefficient (Wildman–Crippen LogP) is 3.77. The SMILES string of the molecule is Cc1nc(-c2c(C)c(C)nn(C)c2=O)sc1C(=O)N(Cc1ccccc1F)C1CC1. The normalized spacial score (nSPS) is 13.5. The summed E-state index contributed by atoms with van der Waals surface area (Å²) in [6.07, 6.45) is 1.82. The maximum absolute atomic E-state index is 14.2. The molecule has 0 N–H and O–H groups in total. The number of benzene rings is 1. The van der Waals surface area contributed by atoms with Gasteiger partial charge in [-0.15, -0.1) is 11.3 Å². The Morgan fingerprint density at radius 1 is 1.23 bits per heavy atom. The Kier molecular flexibility index (Phi) is 5.27. The number of halogens is 1. The number of hydrogen-bond donors (Lipinski definition) is 0. The molecule has 0 aliphatic heterocycles. The van der Waals surface area contributed by atoms with Crippen molar-refractivity contribution in [2.24, 2.45) is 7.05 Å². The maximum atomic E-state index is 14.2. The van der Waals surface area contributed by atoms with Crippen LogP contribution in [0.1, 0.15) is 45.0 Å². The van der Waals surface area contributed by atoms with Gasteiger partial charge in [-0.05, 0) is 45.2 Å². The zero-order valence-corrected chi connectivity index (χ0v) is 18.2. The van der Waals surface area contributed by atoms with Crippen LogP contribution >= 0.6 is 11.3 Å². The highest BCUT2D eigenvalue weighted by Gasteiger charge is 2.35. The van der Waals surface area contributed by atoms with E-state index in [1.165, 1.54) is 22.1 Å². The second-order valence-corrected chi connectivity index (χ2v) is 8.70. The molecule has 1 aliphatic rings. The van der Waals surface area contributed by atoms with Crippen LogP contribution in [0.15, 0.2) is 29.1 Å². The second kappa shape index (κ2) is 7.75. The lowest BCUT2D eigenvalue weighted by atomic mass is 10.1. The molecule has 156 valence electrons. The van der Waals surface area contributed by atoms with E-state index in [0.29, 0.717) is 26.7 Å². The number of carbonyl (C=O) groups is 1. The van der Waals surface area contributed by atoms with Crippen LogP contribution in [-0.4, -0.2) is 31.6 Å². The molecule has 3 aromatic rings. The first-order chi connectivity index (χ1) is 14.3. The largest absolute Gasteiger partial charge is 0.330 e. The Bertz CT molecular complexity index is 1200. The lowest BCUT2D eigenvalue weighted by Gasteiger charge is -2.22. The van der Waals surface area contributed by atoms with Crippen LogP contribution in [0.5, 0.6) is 0 Å². The monoisotopic (exact) mass is 426 g/mol. The molecule has 1 amide bonds. The van der Waals surface area contributed by atoms with Gasteiger partial charge in [-0.1, -0.05) is 18.2 Å². The third kappa shape index (κ3) is 3.67. The Morgan fingerprint density at radius 2 is 1.93 bits per heavy atom. The van der Waals surface area contributed by atoms with E-state index in [9.17, 15) is 14.0 Å². The summed E-state index contributed by atoms with van der Waals surface area (Å²) < 4.78 is 15.5. The van der Waals surface area contributed by atoms with Gasteiger partial charge in [0.05, 0.1) is 17.0 Å². The molecule has 8 heteroatoms. The molecule has 0 bridgehead atoms. The summed E-state index contributed by atoms with van der Waals surface area (Å²) in [4.78, 5) is 32.8. The first kappa shape index (κ1) is 20.4. The second-order valence-electron chi connectivity index (χ2n) is 7.70. The van der Waals surface area contributed by atoms with Gasteiger partial charge in [0.25, 0.3) is 11.5 Å². The van der Waals surface area contributed by atoms with Crippen molar-refractivity contribution < 1.29 is 9.18 Å². The zero-order chi connectivity index (χ0) is 21.6.